The number of aryl methyl sites for hydroxylation is 1. The Hall–Kier alpha value is -2.60. The normalized spacial score (nSPS) is 26.4. The molecule has 0 aliphatic carbocycles. The molecule has 16 heteroatoms. The Labute approximate surface area is 239 Å². The summed E-state index contributed by atoms with van der Waals surface area (Å²) in [6, 6.07) is 7.35. The molecule has 0 bridgehead atoms. The number of rotatable bonds is 7. The van der Waals surface area contributed by atoms with Gasteiger partial charge >= 0.3 is 5.69 Å². The number of nitrogens with zero attached hydrogens (tertiary/aromatic N) is 2. The third-order valence-corrected chi connectivity index (χ3v) is 14.6. The van der Waals surface area contributed by atoms with Crippen LogP contribution in [0.1, 0.15) is 32.6 Å². The minimum absolute atomic E-state index is 0.133. The van der Waals surface area contributed by atoms with Crippen LogP contribution in [0.4, 0.5) is 0 Å². The lowest BCUT2D eigenvalue weighted by Gasteiger charge is -2.43. The fourth-order valence-electron chi connectivity index (χ4n) is 4.55. The monoisotopic (exact) mass is 629 g/mol. The van der Waals surface area contributed by atoms with Crippen LogP contribution in [0.5, 0.6) is 0 Å². The van der Waals surface area contributed by atoms with E-state index in [2.05, 4.69) is 0 Å². The van der Waals surface area contributed by atoms with Gasteiger partial charge in [0.25, 0.3) is 25.8 Å². The third kappa shape index (κ3) is 5.49. The first-order chi connectivity index (χ1) is 18.7. The molecule has 2 aromatic rings. The zero-order valence-electron chi connectivity index (χ0n) is 23.9. The Morgan fingerprint density at radius 3 is 2.29 bits per heavy atom. The van der Waals surface area contributed by atoms with Gasteiger partial charge in [0.15, 0.2) is 20.1 Å². The molecule has 226 valence electrons. The maximum absolute atomic E-state index is 13.3. The fraction of sp³-hybridized carbons (Fsp3) is 0.520. The Morgan fingerprint density at radius 1 is 1.15 bits per heavy atom. The average Bonchev–Trinajstić information content (AvgIpc) is 3.29. The van der Waals surface area contributed by atoms with Crippen LogP contribution in [0, 0.1) is 6.92 Å². The summed E-state index contributed by atoms with van der Waals surface area (Å²) in [5, 5.41) is 0.318. The summed E-state index contributed by atoms with van der Waals surface area (Å²) < 4.78 is 77.4. The van der Waals surface area contributed by atoms with E-state index < -0.39 is 75.5 Å². The van der Waals surface area contributed by atoms with E-state index in [-0.39, 0.29) is 16.2 Å². The van der Waals surface area contributed by atoms with Crippen molar-refractivity contribution in [2.45, 2.75) is 74.8 Å². The predicted molar refractivity (Wildman–Crippen MR) is 151 cm³/mol. The lowest BCUT2D eigenvalue weighted by molar-refractivity contribution is -0.0536. The minimum Gasteiger partial charge on any atom is -0.406 e. The first-order valence-electron chi connectivity index (χ1n) is 12.7. The van der Waals surface area contributed by atoms with Gasteiger partial charge in [0.05, 0.1) is 22.6 Å². The van der Waals surface area contributed by atoms with Crippen LogP contribution in [-0.4, -0.2) is 58.7 Å². The SMILES string of the molecule is Cc1cn([C@@H]2O[C@H](COS(=O)(=O)c3ccccc3)C3(OS(=O)(=O)C=C3N)[C@H]2O[Si](C)(C)C(C)(C)C)c(=O)n(C)c1=O. The summed E-state index contributed by atoms with van der Waals surface area (Å²) >= 11 is 0. The van der Waals surface area contributed by atoms with Crippen molar-refractivity contribution in [2.75, 3.05) is 6.61 Å². The van der Waals surface area contributed by atoms with Crippen LogP contribution in [0.2, 0.25) is 18.1 Å². The third-order valence-electron chi connectivity index (χ3n) is 7.83. The standard InChI is InChI=1S/C25H35N3O10S2Si/c1-16-13-28(23(30)27(5)21(16)29)22-20(37-41(6,7)24(2,3)4)25(18(26)15-39(31,32)38-25)19(36-22)14-35-40(33,34)17-11-9-8-10-12-17/h8-13,15,19-20,22H,14,26H2,1-7H3/t19-,20+,22-,25?/m1/s1. The van der Waals surface area contributed by atoms with E-state index in [0.717, 1.165) is 9.13 Å². The van der Waals surface area contributed by atoms with E-state index in [1.54, 1.807) is 6.07 Å². The van der Waals surface area contributed by atoms with E-state index >= 15 is 0 Å². The number of aromatic nitrogens is 2. The van der Waals surface area contributed by atoms with Gasteiger partial charge in [-0.2, -0.15) is 16.8 Å². The van der Waals surface area contributed by atoms with Gasteiger partial charge in [-0.1, -0.05) is 39.0 Å². The van der Waals surface area contributed by atoms with Crippen molar-refractivity contribution in [3.8, 4) is 0 Å². The molecule has 0 radical (unpaired) electrons. The summed E-state index contributed by atoms with van der Waals surface area (Å²) in [5.74, 6) is 0. The lowest BCUT2D eigenvalue weighted by atomic mass is 9.89. The zero-order chi connectivity index (χ0) is 30.8. The van der Waals surface area contributed by atoms with E-state index in [1.807, 2.05) is 33.9 Å². The van der Waals surface area contributed by atoms with Crippen molar-refractivity contribution in [1.82, 2.24) is 9.13 Å². The molecule has 4 atom stereocenters. The topological polar surface area (TPSA) is 175 Å². The molecular formula is C25H35N3O10S2Si. The van der Waals surface area contributed by atoms with Gasteiger partial charge in [-0.3, -0.25) is 18.1 Å². The van der Waals surface area contributed by atoms with Crippen molar-refractivity contribution in [1.29, 1.82) is 0 Å². The van der Waals surface area contributed by atoms with Crippen LogP contribution in [0.25, 0.3) is 0 Å². The zero-order valence-corrected chi connectivity index (χ0v) is 26.5. The van der Waals surface area contributed by atoms with Gasteiger partial charge in [-0.15, -0.1) is 0 Å². The smallest absolute Gasteiger partial charge is 0.332 e. The number of ether oxygens (including phenoxy) is 1. The Balaban J connectivity index is 1.90. The average molecular weight is 630 g/mol. The highest BCUT2D eigenvalue weighted by molar-refractivity contribution is 7.90. The van der Waals surface area contributed by atoms with Crippen LogP contribution in [0.3, 0.4) is 0 Å². The Kier molecular flexibility index (Phi) is 7.86. The van der Waals surface area contributed by atoms with Crippen molar-refractivity contribution < 1.29 is 34.4 Å². The number of nitrogens with two attached hydrogens (primary N) is 1. The van der Waals surface area contributed by atoms with Crippen LogP contribution < -0.4 is 17.0 Å². The summed E-state index contributed by atoms with van der Waals surface area (Å²) in [5.41, 5.74) is 2.84. The van der Waals surface area contributed by atoms with Crippen LogP contribution in [0.15, 0.2) is 62.1 Å². The highest BCUT2D eigenvalue weighted by Crippen LogP contribution is 2.51. The van der Waals surface area contributed by atoms with E-state index in [9.17, 15) is 26.4 Å². The first-order valence-corrected chi connectivity index (χ1v) is 18.5. The molecule has 1 fully saturated rings. The van der Waals surface area contributed by atoms with Crippen molar-refractivity contribution in [3.05, 3.63) is 74.0 Å². The number of hydrogen-bond acceptors (Lipinski definition) is 11. The number of hydrogen-bond donors (Lipinski definition) is 1. The fourth-order valence-corrected chi connectivity index (χ4v) is 7.98. The molecule has 2 aliphatic heterocycles. The van der Waals surface area contributed by atoms with Crippen molar-refractivity contribution in [3.63, 3.8) is 0 Å². The van der Waals surface area contributed by atoms with E-state index in [4.69, 9.17) is 23.3 Å². The van der Waals surface area contributed by atoms with E-state index in [0.29, 0.717) is 5.41 Å². The summed E-state index contributed by atoms with van der Waals surface area (Å²) in [7, 11) is -10.2. The molecule has 1 aromatic carbocycles. The molecule has 0 saturated carbocycles. The van der Waals surface area contributed by atoms with Gasteiger partial charge in [0.1, 0.15) is 12.2 Å². The molecule has 2 aliphatic rings. The lowest BCUT2D eigenvalue weighted by Crippen LogP contribution is -2.59. The number of benzene rings is 1. The van der Waals surface area contributed by atoms with E-state index in [1.165, 1.54) is 44.4 Å². The summed E-state index contributed by atoms with van der Waals surface area (Å²) in [6.07, 6.45) is -2.94. The molecule has 3 heterocycles. The van der Waals surface area contributed by atoms with Gasteiger partial charge in [0.2, 0.25) is 0 Å². The highest BCUT2D eigenvalue weighted by atomic mass is 32.2. The second-order valence-electron chi connectivity index (χ2n) is 11.7. The first kappa shape index (κ1) is 31.3. The molecule has 13 nitrogen and oxygen atoms in total. The van der Waals surface area contributed by atoms with Gasteiger partial charge < -0.3 is 14.9 Å². The second kappa shape index (κ2) is 10.3. The Morgan fingerprint density at radius 2 is 1.76 bits per heavy atom. The van der Waals surface area contributed by atoms with Gasteiger partial charge in [0, 0.05) is 18.8 Å². The van der Waals surface area contributed by atoms with Crippen LogP contribution in [-0.2, 0) is 44.8 Å². The molecule has 1 unspecified atom stereocenters. The summed E-state index contributed by atoms with van der Waals surface area (Å²) in [6.45, 7) is 10.4. The molecule has 41 heavy (non-hydrogen) atoms. The largest absolute Gasteiger partial charge is 0.406 e. The molecule has 1 saturated heterocycles. The Bertz CT molecular complexity index is 1710. The molecule has 1 spiro atoms. The molecule has 2 N–H and O–H groups in total. The van der Waals surface area contributed by atoms with Crippen LogP contribution >= 0.6 is 0 Å². The predicted octanol–water partition coefficient (Wildman–Crippen LogP) is 1.45. The molecule has 4 rings (SSSR count). The van der Waals surface area contributed by atoms with Gasteiger partial charge in [-0.25, -0.2) is 8.98 Å². The second-order valence-corrected chi connectivity index (χ2v) is 19.4. The molecular weight excluding hydrogens is 595 g/mol. The van der Waals surface area contributed by atoms with Gasteiger partial charge in [-0.05, 0) is 37.2 Å². The quantitative estimate of drug-likeness (QED) is 0.347. The highest BCUT2D eigenvalue weighted by Gasteiger charge is 2.67. The molecule has 0 amide bonds. The van der Waals surface area contributed by atoms with Crippen molar-refractivity contribution in [2.24, 2.45) is 12.8 Å². The minimum atomic E-state index is -4.37. The summed E-state index contributed by atoms with van der Waals surface area (Å²) in [4.78, 5) is 25.7. The maximum Gasteiger partial charge on any atom is 0.332 e. The molecule has 1 aromatic heterocycles. The maximum atomic E-state index is 13.3. The van der Waals surface area contributed by atoms with Crippen molar-refractivity contribution >= 4 is 28.6 Å².